The van der Waals surface area contributed by atoms with Crippen LogP contribution in [-0.4, -0.2) is 35.3 Å². The lowest BCUT2D eigenvalue weighted by molar-refractivity contribution is -0.118. The molecule has 2 saturated carbocycles. The van der Waals surface area contributed by atoms with E-state index < -0.39 is 5.91 Å². The smallest absolute Gasteiger partial charge is 0.248 e. The molecule has 1 aromatic carbocycles. The van der Waals surface area contributed by atoms with E-state index in [2.05, 4.69) is 17.1 Å². The van der Waals surface area contributed by atoms with Gasteiger partial charge in [0.1, 0.15) is 0 Å². The summed E-state index contributed by atoms with van der Waals surface area (Å²) in [5.74, 6) is 0.311. The lowest BCUT2D eigenvalue weighted by atomic mass is 10.1. The van der Waals surface area contributed by atoms with Crippen molar-refractivity contribution in [3.05, 3.63) is 29.8 Å². The van der Waals surface area contributed by atoms with Crippen molar-refractivity contribution < 1.29 is 9.59 Å². The van der Waals surface area contributed by atoms with Crippen LogP contribution >= 0.6 is 0 Å². The summed E-state index contributed by atoms with van der Waals surface area (Å²) in [6.45, 7) is 2.69. The van der Waals surface area contributed by atoms with Gasteiger partial charge in [0, 0.05) is 23.3 Å². The minimum absolute atomic E-state index is 0.00576. The average molecular weight is 301 g/mol. The maximum atomic E-state index is 12.3. The van der Waals surface area contributed by atoms with E-state index in [0.717, 1.165) is 5.92 Å². The SMILES string of the molecule is CC(C1CC1)N(CC(=O)Nc1ccc(C(N)=O)cc1)C1CC1. The molecule has 118 valence electrons. The zero-order valence-electron chi connectivity index (χ0n) is 12.9. The Kier molecular flexibility index (Phi) is 4.16. The third kappa shape index (κ3) is 3.65. The van der Waals surface area contributed by atoms with Gasteiger partial charge in [-0.05, 0) is 62.8 Å². The highest BCUT2D eigenvalue weighted by Crippen LogP contribution is 2.39. The van der Waals surface area contributed by atoms with Crippen molar-refractivity contribution in [2.24, 2.45) is 11.7 Å². The zero-order chi connectivity index (χ0) is 15.7. The first kappa shape index (κ1) is 15.0. The second-order valence-corrected chi connectivity index (χ2v) is 6.47. The first-order chi connectivity index (χ1) is 10.5. The fourth-order valence-corrected chi connectivity index (χ4v) is 2.95. The predicted molar refractivity (Wildman–Crippen MR) is 85.5 cm³/mol. The molecule has 2 fully saturated rings. The van der Waals surface area contributed by atoms with Crippen LogP contribution in [0.2, 0.25) is 0 Å². The Morgan fingerprint density at radius 2 is 1.86 bits per heavy atom. The Labute approximate surface area is 130 Å². The van der Waals surface area contributed by atoms with Gasteiger partial charge in [-0.1, -0.05) is 0 Å². The highest BCUT2D eigenvalue weighted by Gasteiger charge is 2.39. The summed E-state index contributed by atoms with van der Waals surface area (Å²) in [4.78, 5) is 25.7. The summed E-state index contributed by atoms with van der Waals surface area (Å²) in [7, 11) is 0. The number of nitrogens with one attached hydrogen (secondary N) is 1. The molecule has 1 aromatic rings. The predicted octanol–water partition coefficient (Wildman–Crippen LogP) is 1.99. The van der Waals surface area contributed by atoms with Crippen LogP contribution in [0.15, 0.2) is 24.3 Å². The molecule has 1 atom stereocenters. The van der Waals surface area contributed by atoms with Gasteiger partial charge < -0.3 is 11.1 Å². The maximum absolute atomic E-state index is 12.3. The van der Waals surface area contributed by atoms with Gasteiger partial charge in [0.15, 0.2) is 0 Å². The Balaban J connectivity index is 1.57. The van der Waals surface area contributed by atoms with Gasteiger partial charge in [0.2, 0.25) is 11.8 Å². The number of amides is 2. The molecule has 2 amide bonds. The van der Waals surface area contributed by atoms with Crippen molar-refractivity contribution in [1.82, 2.24) is 4.90 Å². The summed E-state index contributed by atoms with van der Waals surface area (Å²) in [5.41, 5.74) is 6.35. The number of hydrogen-bond acceptors (Lipinski definition) is 3. The van der Waals surface area contributed by atoms with Crippen molar-refractivity contribution in [3.8, 4) is 0 Å². The third-order valence-electron chi connectivity index (χ3n) is 4.62. The van der Waals surface area contributed by atoms with Crippen LogP contribution in [0.25, 0.3) is 0 Å². The summed E-state index contributed by atoms with van der Waals surface area (Å²) in [6, 6.07) is 7.76. The highest BCUT2D eigenvalue weighted by molar-refractivity contribution is 5.95. The molecule has 0 spiro atoms. The largest absolute Gasteiger partial charge is 0.366 e. The molecule has 0 radical (unpaired) electrons. The molecule has 0 aromatic heterocycles. The Morgan fingerprint density at radius 1 is 1.23 bits per heavy atom. The van der Waals surface area contributed by atoms with Crippen molar-refractivity contribution in [3.63, 3.8) is 0 Å². The molecule has 0 bridgehead atoms. The highest BCUT2D eigenvalue weighted by atomic mass is 16.2. The lowest BCUT2D eigenvalue weighted by Crippen LogP contribution is -2.42. The van der Waals surface area contributed by atoms with Crippen LogP contribution in [0.4, 0.5) is 5.69 Å². The second kappa shape index (κ2) is 6.08. The second-order valence-electron chi connectivity index (χ2n) is 6.47. The first-order valence-electron chi connectivity index (χ1n) is 8.00. The van der Waals surface area contributed by atoms with Crippen molar-refractivity contribution in [2.45, 2.75) is 44.7 Å². The van der Waals surface area contributed by atoms with Crippen molar-refractivity contribution in [1.29, 1.82) is 0 Å². The number of nitrogens with zero attached hydrogens (tertiary/aromatic N) is 1. The van der Waals surface area contributed by atoms with Crippen LogP contribution < -0.4 is 11.1 Å². The number of rotatable bonds is 7. The van der Waals surface area contributed by atoms with Gasteiger partial charge in [-0.15, -0.1) is 0 Å². The molecule has 22 heavy (non-hydrogen) atoms. The number of carbonyl (C=O) groups excluding carboxylic acids is 2. The van der Waals surface area contributed by atoms with Crippen LogP contribution in [0.1, 0.15) is 43.0 Å². The molecule has 5 nitrogen and oxygen atoms in total. The number of nitrogens with two attached hydrogens (primary N) is 1. The summed E-state index contributed by atoms with van der Waals surface area (Å²) in [5, 5.41) is 2.90. The lowest BCUT2D eigenvalue weighted by Gasteiger charge is -2.28. The molecule has 0 heterocycles. The monoisotopic (exact) mass is 301 g/mol. The Morgan fingerprint density at radius 3 is 2.36 bits per heavy atom. The Bertz CT molecular complexity index is 562. The van der Waals surface area contributed by atoms with E-state index in [-0.39, 0.29) is 5.91 Å². The fourth-order valence-electron chi connectivity index (χ4n) is 2.95. The fraction of sp³-hybridized carbons (Fsp3) is 0.529. The van der Waals surface area contributed by atoms with Gasteiger partial charge in [-0.25, -0.2) is 0 Å². The van der Waals surface area contributed by atoms with Gasteiger partial charge in [0.05, 0.1) is 6.54 Å². The molecule has 5 heteroatoms. The van der Waals surface area contributed by atoms with Crippen molar-refractivity contribution >= 4 is 17.5 Å². The summed E-state index contributed by atoms with van der Waals surface area (Å²) >= 11 is 0. The van der Waals surface area contributed by atoms with E-state index in [1.165, 1.54) is 25.7 Å². The standard InChI is InChI=1S/C17H23N3O2/c1-11(12-2-3-12)20(15-8-9-15)10-16(21)19-14-6-4-13(5-7-14)17(18)22/h4-7,11-12,15H,2-3,8-10H2,1H3,(H2,18,22)(H,19,21). The normalized spacial score (nSPS) is 19.0. The van der Waals surface area contributed by atoms with Gasteiger partial charge in [-0.3, -0.25) is 14.5 Å². The van der Waals surface area contributed by atoms with Crippen LogP contribution in [-0.2, 0) is 4.79 Å². The molecular weight excluding hydrogens is 278 g/mol. The average Bonchev–Trinajstić information content (AvgIpc) is 3.38. The number of anilines is 1. The zero-order valence-corrected chi connectivity index (χ0v) is 12.9. The van der Waals surface area contributed by atoms with E-state index in [4.69, 9.17) is 5.73 Å². The molecule has 2 aliphatic rings. The Hall–Kier alpha value is -1.88. The number of primary amides is 1. The number of benzene rings is 1. The van der Waals surface area contributed by atoms with E-state index in [9.17, 15) is 9.59 Å². The van der Waals surface area contributed by atoms with Gasteiger partial charge >= 0.3 is 0 Å². The molecule has 3 rings (SSSR count). The van der Waals surface area contributed by atoms with Crippen LogP contribution in [0.3, 0.4) is 0 Å². The minimum atomic E-state index is -0.462. The molecule has 0 saturated heterocycles. The van der Waals surface area contributed by atoms with E-state index in [1.807, 2.05) is 0 Å². The topological polar surface area (TPSA) is 75.4 Å². The quantitative estimate of drug-likeness (QED) is 0.808. The van der Waals surface area contributed by atoms with Crippen molar-refractivity contribution in [2.75, 3.05) is 11.9 Å². The molecule has 0 aliphatic heterocycles. The summed E-state index contributed by atoms with van der Waals surface area (Å²) < 4.78 is 0. The molecule has 1 unspecified atom stereocenters. The van der Waals surface area contributed by atoms with Crippen LogP contribution in [0.5, 0.6) is 0 Å². The number of carbonyl (C=O) groups is 2. The van der Waals surface area contributed by atoms with Gasteiger partial charge in [0.25, 0.3) is 0 Å². The molecule has 3 N–H and O–H groups in total. The van der Waals surface area contributed by atoms with E-state index in [1.54, 1.807) is 24.3 Å². The number of hydrogen-bond donors (Lipinski definition) is 2. The van der Waals surface area contributed by atoms with E-state index >= 15 is 0 Å². The molecule has 2 aliphatic carbocycles. The van der Waals surface area contributed by atoms with Crippen LogP contribution in [0, 0.1) is 5.92 Å². The molecular formula is C17H23N3O2. The third-order valence-corrected chi connectivity index (χ3v) is 4.62. The van der Waals surface area contributed by atoms with E-state index in [0.29, 0.717) is 29.9 Å². The van der Waals surface area contributed by atoms with Gasteiger partial charge in [-0.2, -0.15) is 0 Å². The minimum Gasteiger partial charge on any atom is -0.366 e. The maximum Gasteiger partial charge on any atom is 0.248 e. The first-order valence-corrected chi connectivity index (χ1v) is 8.00. The summed E-state index contributed by atoms with van der Waals surface area (Å²) in [6.07, 6.45) is 5.00.